The first-order valence-electron chi connectivity index (χ1n) is 8.47. The van der Waals surface area contributed by atoms with Crippen LogP contribution in [0.4, 0.5) is 23.3 Å². The summed E-state index contributed by atoms with van der Waals surface area (Å²) in [4.78, 5) is 22.7. The first-order valence-corrected chi connectivity index (χ1v) is 10.7. The highest BCUT2D eigenvalue weighted by Gasteiger charge is 2.06. The van der Waals surface area contributed by atoms with Gasteiger partial charge in [0.15, 0.2) is 0 Å². The predicted molar refractivity (Wildman–Crippen MR) is 129 cm³/mol. The van der Waals surface area contributed by atoms with E-state index < -0.39 is 0 Å². The number of anilines is 4. The Bertz CT molecular complexity index is 1090. The summed E-state index contributed by atoms with van der Waals surface area (Å²) < 4.78 is 0. The number of para-hydroxylation sites is 2. The average Bonchev–Trinajstić information content (AvgIpc) is 2.71. The first-order chi connectivity index (χ1) is 15.3. The number of nitrogens with one attached hydrogen (secondary N) is 2. The van der Waals surface area contributed by atoms with E-state index in [0.29, 0.717) is 21.4 Å². The van der Waals surface area contributed by atoms with Gasteiger partial charge < -0.3 is 10.6 Å². The van der Waals surface area contributed by atoms with E-state index in [4.69, 9.17) is 69.6 Å². The Hall–Kier alpha value is -2.20. The van der Waals surface area contributed by atoms with Gasteiger partial charge in [-0.1, -0.05) is 47.5 Å². The Kier molecular flexibility index (Phi) is 8.86. The van der Waals surface area contributed by atoms with Gasteiger partial charge in [-0.3, -0.25) is 0 Å². The highest BCUT2D eigenvalue weighted by molar-refractivity contribution is 6.34. The van der Waals surface area contributed by atoms with Gasteiger partial charge in [-0.25, -0.2) is 0 Å². The first kappa shape index (κ1) is 24.4. The van der Waals surface area contributed by atoms with Crippen molar-refractivity contribution in [3.63, 3.8) is 0 Å². The minimum atomic E-state index is 0.0227. The number of hydrogen-bond donors (Lipinski definition) is 2. The third-order valence-electron chi connectivity index (χ3n) is 3.40. The molecule has 32 heavy (non-hydrogen) atoms. The summed E-state index contributed by atoms with van der Waals surface area (Å²) in [6.07, 6.45) is 0. The number of benzene rings is 2. The van der Waals surface area contributed by atoms with E-state index in [0.717, 1.165) is 0 Å². The zero-order valence-corrected chi connectivity index (χ0v) is 20.1. The van der Waals surface area contributed by atoms with Crippen LogP contribution in [0.5, 0.6) is 0 Å². The molecule has 2 aromatic carbocycles. The molecule has 4 aromatic rings. The maximum absolute atomic E-state index is 5.95. The molecule has 8 nitrogen and oxygen atoms in total. The molecule has 0 saturated heterocycles. The summed E-state index contributed by atoms with van der Waals surface area (Å²) in [5, 5.41) is 6.97. The molecular formula is C18H10Cl6N8. The Labute approximate surface area is 212 Å². The van der Waals surface area contributed by atoms with Crippen LogP contribution in [0.15, 0.2) is 48.5 Å². The normalized spacial score (nSPS) is 10.2. The van der Waals surface area contributed by atoms with Crippen molar-refractivity contribution in [3.8, 4) is 0 Å². The van der Waals surface area contributed by atoms with E-state index in [-0.39, 0.29) is 33.0 Å². The maximum Gasteiger partial charge on any atom is 0.232 e. The van der Waals surface area contributed by atoms with Crippen LogP contribution in [0.1, 0.15) is 0 Å². The molecule has 0 spiro atoms. The van der Waals surface area contributed by atoms with Crippen molar-refractivity contribution >= 4 is 92.9 Å². The molecule has 0 radical (unpaired) electrons. The van der Waals surface area contributed by atoms with Gasteiger partial charge in [-0.2, -0.15) is 29.9 Å². The molecule has 0 bridgehead atoms. The van der Waals surface area contributed by atoms with Crippen molar-refractivity contribution in [2.24, 2.45) is 0 Å². The number of hydrogen-bond acceptors (Lipinski definition) is 8. The van der Waals surface area contributed by atoms with E-state index in [1.54, 1.807) is 24.3 Å². The van der Waals surface area contributed by atoms with Crippen LogP contribution in [0, 0.1) is 0 Å². The van der Waals surface area contributed by atoms with Gasteiger partial charge in [0.1, 0.15) is 0 Å². The number of halogens is 6. The van der Waals surface area contributed by atoms with Crippen LogP contribution in [0.3, 0.4) is 0 Å². The fourth-order valence-corrected chi connectivity index (χ4v) is 3.22. The number of nitrogens with zero attached hydrogens (tertiary/aromatic N) is 6. The van der Waals surface area contributed by atoms with E-state index in [9.17, 15) is 0 Å². The molecule has 14 heteroatoms. The largest absolute Gasteiger partial charge is 0.323 e. The fourth-order valence-electron chi connectivity index (χ4n) is 2.13. The van der Waals surface area contributed by atoms with Gasteiger partial charge in [-0.05, 0) is 70.7 Å². The predicted octanol–water partition coefficient (Wildman–Crippen LogP) is 7.15. The molecule has 0 atom stereocenters. The minimum Gasteiger partial charge on any atom is -0.323 e. The van der Waals surface area contributed by atoms with Crippen molar-refractivity contribution < 1.29 is 0 Å². The lowest BCUT2D eigenvalue weighted by atomic mass is 10.3. The third-order valence-corrected chi connectivity index (χ3v) is 4.74. The molecule has 0 unspecified atom stereocenters. The van der Waals surface area contributed by atoms with Gasteiger partial charge in [0, 0.05) is 0 Å². The van der Waals surface area contributed by atoms with Crippen molar-refractivity contribution in [3.05, 3.63) is 79.7 Å². The highest BCUT2D eigenvalue weighted by Crippen LogP contribution is 2.25. The van der Waals surface area contributed by atoms with Crippen molar-refractivity contribution in [1.82, 2.24) is 29.9 Å². The van der Waals surface area contributed by atoms with Crippen LogP contribution >= 0.6 is 69.6 Å². The second-order valence-corrected chi connectivity index (χ2v) is 7.77. The lowest BCUT2D eigenvalue weighted by molar-refractivity contribution is 1.05. The quantitative estimate of drug-likeness (QED) is 0.276. The van der Waals surface area contributed by atoms with Crippen LogP contribution in [0.2, 0.25) is 31.2 Å². The van der Waals surface area contributed by atoms with E-state index >= 15 is 0 Å². The van der Waals surface area contributed by atoms with Crippen LogP contribution < -0.4 is 10.6 Å². The molecule has 0 saturated carbocycles. The third kappa shape index (κ3) is 7.44. The van der Waals surface area contributed by atoms with E-state index in [1.807, 2.05) is 24.3 Å². The summed E-state index contributed by atoms with van der Waals surface area (Å²) in [7, 11) is 0. The van der Waals surface area contributed by atoms with Crippen molar-refractivity contribution in [2.45, 2.75) is 0 Å². The number of rotatable bonds is 4. The van der Waals surface area contributed by atoms with Crippen molar-refractivity contribution in [2.75, 3.05) is 10.6 Å². The second-order valence-electron chi connectivity index (χ2n) is 5.60. The monoisotopic (exact) mass is 548 g/mol. The fraction of sp³-hybridized carbons (Fsp3) is 0. The minimum absolute atomic E-state index is 0.0227. The molecule has 0 amide bonds. The maximum atomic E-state index is 5.95. The Morgan fingerprint density at radius 1 is 0.438 bits per heavy atom. The smallest absolute Gasteiger partial charge is 0.232 e. The Morgan fingerprint density at radius 2 is 0.750 bits per heavy atom. The summed E-state index contributed by atoms with van der Waals surface area (Å²) in [6, 6.07) is 14.4. The van der Waals surface area contributed by atoms with Gasteiger partial charge in [0.2, 0.25) is 33.0 Å². The lowest BCUT2D eigenvalue weighted by Gasteiger charge is -2.06. The zero-order chi connectivity index (χ0) is 23.1. The molecule has 0 aliphatic heterocycles. The molecular weight excluding hydrogens is 541 g/mol. The van der Waals surface area contributed by atoms with E-state index in [2.05, 4.69) is 40.5 Å². The van der Waals surface area contributed by atoms with Crippen LogP contribution in [-0.2, 0) is 0 Å². The standard InChI is InChI=1S/2C9H5Cl3N4/c2*10-5-3-1-2-4-6(5)13-9-15-7(11)14-8(12)16-9/h2*1-4H,(H,13,14,15,16). The van der Waals surface area contributed by atoms with Gasteiger partial charge in [-0.15, -0.1) is 0 Å². The molecule has 2 aromatic heterocycles. The molecule has 4 rings (SSSR count). The topological polar surface area (TPSA) is 101 Å². The average molecular weight is 551 g/mol. The van der Waals surface area contributed by atoms with Crippen molar-refractivity contribution in [1.29, 1.82) is 0 Å². The summed E-state index contributed by atoms with van der Waals surface area (Å²) in [5.41, 5.74) is 1.34. The molecule has 0 aliphatic rings. The molecule has 0 fully saturated rings. The van der Waals surface area contributed by atoms with Gasteiger partial charge in [0.05, 0.1) is 21.4 Å². The van der Waals surface area contributed by atoms with E-state index in [1.165, 1.54) is 0 Å². The molecule has 2 N–H and O–H groups in total. The SMILES string of the molecule is Clc1nc(Cl)nc(Nc2ccccc2Cl)n1.Clc1nc(Cl)nc(Nc2ccccc2Cl)n1. The van der Waals surface area contributed by atoms with Gasteiger partial charge >= 0.3 is 0 Å². The van der Waals surface area contributed by atoms with Crippen LogP contribution in [0.25, 0.3) is 0 Å². The second kappa shape index (κ2) is 11.6. The summed E-state index contributed by atoms with van der Waals surface area (Å²) >= 11 is 34.5. The highest BCUT2D eigenvalue weighted by atomic mass is 35.5. The molecule has 2 heterocycles. The van der Waals surface area contributed by atoms with Crippen LogP contribution in [-0.4, -0.2) is 29.9 Å². The summed E-state index contributed by atoms with van der Waals surface area (Å²) in [5.74, 6) is 0.496. The van der Waals surface area contributed by atoms with Gasteiger partial charge in [0.25, 0.3) is 0 Å². The molecule has 0 aliphatic carbocycles. The molecule has 164 valence electrons. The zero-order valence-electron chi connectivity index (χ0n) is 15.6. The summed E-state index contributed by atoms with van der Waals surface area (Å²) in [6.45, 7) is 0. The Morgan fingerprint density at radius 3 is 1.06 bits per heavy atom. The lowest BCUT2D eigenvalue weighted by Crippen LogP contribution is -1.99. The number of aromatic nitrogens is 6. The Balaban J connectivity index is 0.000000181.